The Bertz CT molecular complexity index is 1360. The number of hydrogen-bond donors (Lipinski definition) is 1. The second-order valence-electron chi connectivity index (χ2n) is 11.1. The quantitative estimate of drug-likeness (QED) is 0.419. The van der Waals surface area contributed by atoms with Crippen LogP contribution in [0.3, 0.4) is 0 Å². The number of nitrogens with one attached hydrogen (secondary N) is 1. The first kappa shape index (κ1) is 27.9. The molecule has 0 radical (unpaired) electrons. The summed E-state index contributed by atoms with van der Waals surface area (Å²) < 4.78 is 16.2. The number of aryl methyl sites for hydroxylation is 2. The van der Waals surface area contributed by atoms with Crippen molar-refractivity contribution in [1.29, 1.82) is 0 Å². The monoisotopic (exact) mass is 536 g/mol. The molecule has 6 nitrogen and oxygen atoms in total. The molecule has 0 saturated heterocycles. The summed E-state index contributed by atoms with van der Waals surface area (Å²) in [5, 5.41) is 7.78. The standard InChI is InChI=1S/C30H37FN4O2S/c1-8-20(4)32-24(36)16-34-25(37)17-38-27(21-10-9-11-22(31)15-21)26-28(30(5,6)7)33-35(29(26)34)23-13-12-18(2)14-19(23)3/h9-15,20,27H,8,16-17H2,1-7H3,(H,32,36)/t20-,27-/m1/s1. The van der Waals surface area contributed by atoms with Crippen LogP contribution in [0.2, 0.25) is 0 Å². The smallest absolute Gasteiger partial charge is 0.240 e. The highest BCUT2D eigenvalue weighted by molar-refractivity contribution is 8.00. The molecule has 1 aliphatic rings. The van der Waals surface area contributed by atoms with Gasteiger partial charge >= 0.3 is 0 Å². The number of hydrogen-bond acceptors (Lipinski definition) is 4. The van der Waals surface area contributed by atoms with E-state index in [0.717, 1.165) is 40.1 Å². The van der Waals surface area contributed by atoms with Gasteiger partial charge in [0, 0.05) is 17.0 Å². The van der Waals surface area contributed by atoms with E-state index in [0.29, 0.717) is 5.82 Å². The van der Waals surface area contributed by atoms with Gasteiger partial charge in [0.1, 0.15) is 18.2 Å². The maximum absolute atomic E-state index is 14.4. The van der Waals surface area contributed by atoms with Crippen LogP contribution in [0.4, 0.5) is 10.2 Å². The maximum atomic E-state index is 14.4. The normalized spacial score (nSPS) is 16.7. The maximum Gasteiger partial charge on any atom is 0.240 e. The molecule has 38 heavy (non-hydrogen) atoms. The van der Waals surface area contributed by atoms with Crippen molar-refractivity contribution in [1.82, 2.24) is 15.1 Å². The molecule has 0 fully saturated rings. The van der Waals surface area contributed by atoms with Crippen molar-refractivity contribution in [3.8, 4) is 5.69 Å². The first-order valence-electron chi connectivity index (χ1n) is 13.1. The molecule has 1 aliphatic heterocycles. The van der Waals surface area contributed by atoms with Crippen LogP contribution in [0.5, 0.6) is 0 Å². The number of anilines is 1. The minimum Gasteiger partial charge on any atom is -0.352 e. The number of halogens is 1. The van der Waals surface area contributed by atoms with Crippen molar-refractivity contribution in [2.45, 2.75) is 71.6 Å². The van der Waals surface area contributed by atoms with E-state index in [2.05, 4.69) is 32.2 Å². The first-order chi connectivity index (χ1) is 17.9. The number of carbonyl (C=O) groups is 2. The number of benzene rings is 2. The van der Waals surface area contributed by atoms with Gasteiger partial charge in [-0.3, -0.25) is 14.5 Å². The van der Waals surface area contributed by atoms with Crippen molar-refractivity contribution in [2.75, 3.05) is 17.2 Å². The van der Waals surface area contributed by atoms with E-state index >= 15 is 0 Å². The van der Waals surface area contributed by atoms with Crippen molar-refractivity contribution < 1.29 is 14.0 Å². The molecule has 0 aliphatic carbocycles. The zero-order valence-corrected chi connectivity index (χ0v) is 24.1. The Morgan fingerprint density at radius 2 is 1.95 bits per heavy atom. The highest BCUT2D eigenvalue weighted by Crippen LogP contribution is 2.48. The fraction of sp³-hybridized carbons (Fsp3) is 0.433. The van der Waals surface area contributed by atoms with Gasteiger partial charge in [-0.2, -0.15) is 5.10 Å². The Balaban J connectivity index is 2.02. The number of nitrogens with zero attached hydrogens (tertiary/aromatic N) is 3. The molecule has 1 N–H and O–H groups in total. The number of thioether (sulfide) groups is 1. The van der Waals surface area contributed by atoms with Crippen molar-refractivity contribution >= 4 is 29.4 Å². The summed E-state index contributed by atoms with van der Waals surface area (Å²) in [7, 11) is 0. The summed E-state index contributed by atoms with van der Waals surface area (Å²) in [5.74, 6) is -0.00274. The Morgan fingerprint density at radius 1 is 1.21 bits per heavy atom. The first-order valence-corrected chi connectivity index (χ1v) is 14.1. The van der Waals surface area contributed by atoms with Crippen LogP contribution < -0.4 is 10.2 Å². The highest BCUT2D eigenvalue weighted by Gasteiger charge is 2.40. The van der Waals surface area contributed by atoms with E-state index in [4.69, 9.17) is 5.10 Å². The second kappa shape index (κ2) is 10.9. The van der Waals surface area contributed by atoms with Gasteiger partial charge in [0.05, 0.1) is 22.4 Å². The van der Waals surface area contributed by atoms with Gasteiger partial charge in [-0.1, -0.05) is 57.5 Å². The lowest BCUT2D eigenvalue weighted by Gasteiger charge is -2.25. The minimum atomic E-state index is -0.377. The fourth-order valence-corrected chi connectivity index (χ4v) is 5.97. The molecular weight excluding hydrogens is 499 g/mol. The van der Waals surface area contributed by atoms with Crippen molar-refractivity contribution in [3.63, 3.8) is 0 Å². The molecule has 3 aromatic rings. The molecule has 202 valence electrons. The average Bonchev–Trinajstić information content (AvgIpc) is 3.16. The molecule has 1 aromatic heterocycles. The topological polar surface area (TPSA) is 67.2 Å². The lowest BCUT2D eigenvalue weighted by molar-refractivity contribution is -0.123. The van der Waals surface area contributed by atoms with E-state index in [-0.39, 0.29) is 46.6 Å². The Labute approximate surface area is 229 Å². The molecule has 0 saturated carbocycles. The number of amides is 2. The Kier molecular flexibility index (Phi) is 8.02. The molecule has 2 amide bonds. The Hall–Kier alpha value is -3.13. The summed E-state index contributed by atoms with van der Waals surface area (Å²) >= 11 is 1.45. The summed E-state index contributed by atoms with van der Waals surface area (Å²) in [6.07, 6.45) is 0.789. The average molecular weight is 537 g/mol. The zero-order valence-electron chi connectivity index (χ0n) is 23.3. The third kappa shape index (κ3) is 5.65. The van der Waals surface area contributed by atoms with Gasteiger partial charge in [0.2, 0.25) is 11.8 Å². The van der Waals surface area contributed by atoms with E-state index in [1.54, 1.807) is 11.0 Å². The third-order valence-electron chi connectivity index (χ3n) is 6.85. The molecule has 0 bridgehead atoms. The van der Waals surface area contributed by atoms with Crippen molar-refractivity contribution in [2.24, 2.45) is 0 Å². The van der Waals surface area contributed by atoms with Crippen molar-refractivity contribution in [3.05, 3.63) is 76.2 Å². The van der Waals surface area contributed by atoms with E-state index in [1.165, 1.54) is 23.9 Å². The van der Waals surface area contributed by atoms with Gasteiger partial charge in [0.25, 0.3) is 0 Å². The lowest BCUT2D eigenvalue weighted by Crippen LogP contribution is -2.44. The predicted molar refractivity (Wildman–Crippen MR) is 153 cm³/mol. The summed E-state index contributed by atoms with van der Waals surface area (Å²) in [6.45, 7) is 14.1. The zero-order chi connectivity index (χ0) is 27.8. The summed E-state index contributed by atoms with van der Waals surface area (Å²) in [5.41, 5.74) is 5.01. The fourth-order valence-electron chi connectivity index (χ4n) is 4.78. The highest BCUT2D eigenvalue weighted by atomic mass is 32.2. The molecule has 2 atom stereocenters. The molecule has 0 spiro atoms. The largest absolute Gasteiger partial charge is 0.352 e. The van der Waals surface area contributed by atoms with Crippen LogP contribution in [0.15, 0.2) is 42.5 Å². The van der Waals surface area contributed by atoms with Gasteiger partial charge in [0.15, 0.2) is 0 Å². The van der Waals surface area contributed by atoms with Crippen LogP contribution in [0.1, 0.15) is 74.2 Å². The number of fused-ring (bicyclic) bond motifs is 1. The van der Waals surface area contributed by atoms with Crippen LogP contribution >= 0.6 is 11.8 Å². The predicted octanol–water partition coefficient (Wildman–Crippen LogP) is 6.01. The molecule has 2 heterocycles. The third-order valence-corrected chi connectivity index (χ3v) is 8.11. The molecule has 0 unspecified atom stereocenters. The summed E-state index contributed by atoms with van der Waals surface area (Å²) in [6, 6.07) is 12.6. The number of carbonyl (C=O) groups excluding carboxylic acids is 2. The molecular formula is C30H37FN4O2S. The van der Waals surface area contributed by atoms with Gasteiger partial charge in [-0.25, -0.2) is 9.07 Å². The van der Waals surface area contributed by atoms with E-state index < -0.39 is 0 Å². The molecule has 8 heteroatoms. The van der Waals surface area contributed by atoms with Crippen LogP contribution in [-0.4, -0.2) is 39.9 Å². The molecule has 4 rings (SSSR count). The second-order valence-corrected chi connectivity index (χ2v) is 12.2. The number of rotatable bonds is 6. The SMILES string of the molecule is CC[C@@H](C)NC(=O)CN1C(=O)CS[C@H](c2cccc(F)c2)c2c(C(C)(C)C)nn(-c3ccc(C)cc3C)c21. The van der Waals surface area contributed by atoms with Crippen LogP contribution in [-0.2, 0) is 15.0 Å². The van der Waals surface area contributed by atoms with Gasteiger partial charge in [-0.05, 0) is 56.5 Å². The Morgan fingerprint density at radius 3 is 2.58 bits per heavy atom. The minimum absolute atomic E-state index is 0.00661. The van der Waals surface area contributed by atoms with Crippen LogP contribution in [0.25, 0.3) is 5.69 Å². The summed E-state index contributed by atoms with van der Waals surface area (Å²) in [4.78, 5) is 28.4. The van der Waals surface area contributed by atoms with Crippen LogP contribution in [0, 0.1) is 19.7 Å². The van der Waals surface area contributed by atoms with Gasteiger partial charge < -0.3 is 5.32 Å². The van der Waals surface area contributed by atoms with Gasteiger partial charge in [-0.15, -0.1) is 11.8 Å². The lowest BCUT2D eigenvalue weighted by atomic mass is 9.87. The molecule has 2 aromatic carbocycles. The number of aromatic nitrogens is 2. The van der Waals surface area contributed by atoms with E-state index in [9.17, 15) is 14.0 Å². The van der Waals surface area contributed by atoms with E-state index in [1.807, 2.05) is 50.6 Å².